The molecule has 0 spiro atoms. The van der Waals surface area contributed by atoms with Crippen molar-refractivity contribution in [3.05, 3.63) is 0 Å². The molecule has 1 aliphatic carbocycles. The Labute approximate surface area is 98.4 Å². The minimum atomic E-state index is 0.269. The molecule has 0 aromatic heterocycles. The first-order valence-corrected chi connectivity index (χ1v) is 6.76. The Hall–Kier alpha value is -0.570. The molecule has 1 saturated heterocycles. The van der Waals surface area contributed by atoms with Crippen LogP contribution in [0, 0.1) is 11.8 Å². The fraction of sp³-hybridized carbons (Fsp3) is 0.923. The maximum atomic E-state index is 11.8. The van der Waals surface area contributed by atoms with Gasteiger partial charge >= 0.3 is 0 Å². The number of hydrogen-bond donors (Lipinski definition) is 2. The number of nitrogens with one attached hydrogen (secondary N) is 2. The largest absolute Gasteiger partial charge is 0.353 e. The van der Waals surface area contributed by atoms with E-state index in [1.165, 1.54) is 19.3 Å². The summed E-state index contributed by atoms with van der Waals surface area (Å²) in [6.45, 7) is 4.29. The summed E-state index contributed by atoms with van der Waals surface area (Å²) in [4.78, 5) is 11.8. The van der Waals surface area contributed by atoms with Gasteiger partial charge in [-0.3, -0.25) is 4.79 Å². The lowest BCUT2D eigenvalue weighted by molar-refractivity contribution is -0.122. The van der Waals surface area contributed by atoms with Crippen LogP contribution >= 0.6 is 0 Å². The van der Waals surface area contributed by atoms with Crippen molar-refractivity contribution >= 4 is 5.91 Å². The number of rotatable bonds is 4. The first kappa shape index (κ1) is 11.9. The Morgan fingerprint density at radius 2 is 2.19 bits per heavy atom. The molecule has 2 fully saturated rings. The van der Waals surface area contributed by atoms with Gasteiger partial charge in [-0.2, -0.15) is 0 Å². The van der Waals surface area contributed by atoms with Crippen molar-refractivity contribution < 1.29 is 4.79 Å². The summed E-state index contributed by atoms with van der Waals surface area (Å²) in [6, 6.07) is 0.398. The lowest BCUT2D eigenvalue weighted by atomic mass is 9.82. The SMILES string of the molecule is CC1CNCCC1NC(=O)CCC1CCC1. The molecule has 2 atom stereocenters. The second kappa shape index (κ2) is 5.67. The van der Waals surface area contributed by atoms with Crippen molar-refractivity contribution in [2.24, 2.45) is 11.8 Å². The normalized spacial score (nSPS) is 30.8. The van der Waals surface area contributed by atoms with E-state index in [9.17, 15) is 4.79 Å². The molecule has 0 radical (unpaired) electrons. The summed E-state index contributed by atoms with van der Waals surface area (Å²) in [5.41, 5.74) is 0. The van der Waals surface area contributed by atoms with E-state index in [2.05, 4.69) is 17.6 Å². The average molecular weight is 224 g/mol. The van der Waals surface area contributed by atoms with Crippen LogP contribution in [0.25, 0.3) is 0 Å². The highest BCUT2D eigenvalue weighted by Crippen LogP contribution is 2.30. The quantitative estimate of drug-likeness (QED) is 0.763. The van der Waals surface area contributed by atoms with Crippen molar-refractivity contribution in [2.45, 2.75) is 51.5 Å². The molecule has 0 aromatic rings. The van der Waals surface area contributed by atoms with E-state index in [0.29, 0.717) is 12.0 Å². The first-order valence-electron chi connectivity index (χ1n) is 6.76. The predicted molar refractivity (Wildman–Crippen MR) is 65.2 cm³/mol. The van der Waals surface area contributed by atoms with Crippen molar-refractivity contribution in [3.8, 4) is 0 Å². The standard InChI is InChI=1S/C13H24N2O/c1-10-9-14-8-7-12(10)15-13(16)6-5-11-3-2-4-11/h10-12,14H,2-9H2,1H3,(H,15,16). The topological polar surface area (TPSA) is 41.1 Å². The van der Waals surface area contributed by atoms with Gasteiger partial charge in [-0.05, 0) is 37.8 Å². The molecule has 2 aliphatic rings. The molecule has 2 unspecified atom stereocenters. The average Bonchev–Trinajstić information content (AvgIpc) is 2.19. The van der Waals surface area contributed by atoms with Gasteiger partial charge < -0.3 is 10.6 Å². The molecule has 1 amide bonds. The zero-order valence-electron chi connectivity index (χ0n) is 10.3. The Balaban J connectivity index is 1.64. The van der Waals surface area contributed by atoms with Gasteiger partial charge in [0.25, 0.3) is 0 Å². The molecule has 1 heterocycles. The Bertz CT molecular complexity index is 238. The van der Waals surface area contributed by atoms with E-state index in [1.54, 1.807) is 0 Å². The van der Waals surface area contributed by atoms with Gasteiger partial charge in [-0.1, -0.05) is 26.2 Å². The summed E-state index contributed by atoms with van der Waals surface area (Å²) >= 11 is 0. The molecule has 3 heteroatoms. The predicted octanol–water partition coefficient (Wildman–Crippen LogP) is 1.68. The van der Waals surface area contributed by atoms with E-state index < -0.39 is 0 Å². The third kappa shape index (κ3) is 3.21. The number of hydrogen-bond acceptors (Lipinski definition) is 2. The fourth-order valence-corrected chi connectivity index (χ4v) is 2.62. The monoisotopic (exact) mass is 224 g/mol. The second-order valence-electron chi connectivity index (χ2n) is 5.48. The van der Waals surface area contributed by atoms with Crippen LogP contribution in [0.4, 0.5) is 0 Å². The van der Waals surface area contributed by atoms with E-state index in [1.807, 2.05) is 0 Å². The summed E-state index contributed by atoms with van der Waals surface area (Å²) in [5.74, 6) is 1.68. The van der Waals surface area contributed by atoms with E-state index in [0.717, 1.165) is 38.3 Å². The fourth-order valence-electron chi connectivity index (χ4n) is 2.62. The zero-order chi connectivity index (χ0) is 11.4. The van der Waals surface area contributed by atoms with Gasteiger partial charge in [0, 0.05) is 12.5 Å². The van der Waals surface area contributed by atoms with Crippen LogP contribution < -0.4 is 10.6 Å². The summed E-state index contributed by atoms with van der Waals surface area (Å²) in [7, 11) is 0. The smallest absolute Gasteiger partial charge is 0.220 e. The zero-order valence-corrected chi connectivity index (χ0v) is 10.3. The Morgan fingerprint density at radius 3 is 2.81 bits per heavy atom. The Morgan fingerprint density at radius 1 is 1.38 bits per heavy atom. The Kier molecular flexibility index (Phi) is 4.22. The molecule has 3 nitrogen and oxygen atoms in total. The third-order valence-corrected chi connectivity index (χ3v) is 4.14. The lowest BCUT2D eigenvalue weighted by Gasteiger charge is -2.31. The van der Waals surface area contributed by atoms with Crippen LogP contribution in [-0.4, -0.2) is 25.0 Å². The van der Waals surface area contributed by atoms with Gasteiger partial charge in [-0.25, -0.2) is 0 Å². The number of piperidine rings is 1. The van der Waals surface area contributed by atoms with Gasteiger partial charge in [0.05, 0.1) is 0 Å². The molecule has 1 aliphatic heterocycles. The third-order valence-electron chi connectivity index (χ3n) is 4.14. The van der Waals surface area contributed by atoms with Crippen molar-refractivity contribution in [1.82, 2.24) is 10.6 Å². The molecular formula is C13H24N2O. The highest BCUT2D eigenvalue weighted by molar-refractivity contribution is 5.76. The van der Waals surface area contributed by atoms with Crippen LogP contribution in [0.2, 0.25) is 0 Å². The van der Waals surface area contributed by atoms with Crippen LogP contribution in [-0.2, 0) is 4.79 Å². The van der Waals surface area contributed by atoms with Crippen LogP contribution in [0.15, 0.2) is 0 Å². The summed E-state index contributed by atoms with van der Waals surface area (Å²) in [5, 5.41) is 6.55. The van der Waals surface area contributed by atoms with E-state index >= 15 is 0 Å². The van der Waals surface area contributed by atoms with Gasteiger partial charge in [-0.15, -0.1) is 0 Å². The van der Waals surface area contributed by atoms with Crippen molar-refractivity contribution in [1.29, 1.82) is 0 Å². The van der Waals surface area contributed by atoms with Crippen LogP contribution in [0.3, 0.4) is 0 Å². The van der Waals surface area contributed by atoms with Crippen molar-refractivity contribution in [2.75, 3.05) is 13.1 Å². The number of amides is 1. The molecule has 92 valence electrons. The minimum Gasteiger partial charge on any atom is -0.353 e. The van der Waals surface area contributed by atoms with Crippen LogP contribution in [0.5, 0.6) is 0 Å². The number of carbonyl (C=O) groups is 1. The lowest BCUT2D eigenvalue weighted by Crippen LogP contribution is -2.48. The molecule has 0 aromatic carbocycles. The molecule has 16 heavy (non-hydrogen) atoms. The molecule has 2 N–H and O–H groups in total. The van der Waals surface area contributed by atoms with E-state index in [4.69, 9.17) is 0 Å². The molecule has 1 saturated carbocycles. The van der Waals surface area contributed by atoms with Crippen LogP contribution in [0.1, 0.15) is 45.4 Å². The molecule has 0 bridgehead atoms. The van der Waals surface area contributed by atoms with E-state index in [-0.39, 0.29) is 5.91 Å². The molecular weight excluding hydrogens is 200 g/mol. The number of carbonyl (C=O) groups excluding carboxylic acids is 1. The highest BCUT2D eigenvalue weighted by atomic mass is 16.1. The maximum Gasteiger partial charge on any atom is 0.220 e. The second-order valence-corrected chi connectivity index (χ2v) is 5.48. The van der Waals surface area contributed by atoms with Gasteiger partial charge in [0.1, 0.15) is 0 Å². The maximum absolute atomic E-state index is 11.8. The summed E-state index contributed by atoms with van der Waals surface area (Å²) < 4.78 is 0. The summed E-state index contributed by atoms with van der Waals surface area (Å²) in [6.07, 6.45) is 6.98. The van der Waals surface area contributed by atoms with Gasteiger partial charge in [0.2, 0.25) is 5.91 Å². The minimum absolute atomic E-state index is 0.269. The highest BCUT2D eigenvalue weighted by Gasteiger charge is 2.23. The first-order chi connectivity index (χ1) is 7.75. The van der Waals surface area contributed by atoms with Gasteiger partial charge in [0.15, 0.2) is 0 Å². The molecule has 2 rings (SSSR count). The van der Waals surface area contributed by atoms with Crippen molar-refractivity contribution in [3.63, 3.8) is 0 Å².